The first kappa shape index (κ1) is 42.9. The van der Waals surface area contributed by atoms with Gasteiger partial charge in [0.15, 0.2) is 0 Å². The third-order valence-electron chi connectivity index (χ3n) is 10.5. The van der Waals surface area contributed by atoms with Gasteiger partial charge in [0, 0.05) is 96.6 Å². The zero-order valence-electron chi connectivity index (χ0n) is 32.5. The molecule has 0 atom stereocenters. The molecular weight excluding hydrogens is 822 g/mol. The molecule has 0 unspecified atom stereocenters. The zero-order chi connectivity index (χ0) is 40.6. The van der Waals surface area contributed by atoms with Crippen LogP contribution in [0.5, 0.6) is 11.5 Å². The Morgan fingerprint density at radius 2 is 0.947 bits per heavy atom. The SMILES string of the molecule is CCN1CCN(C(=O)/C=C/c2c(-c3ccccc3OC)cc(Sc3cc(-c4ccccc4OC)c(/C=C/C(=O)N4CCN(CC)CC4)c(Cl)c3Cl)c(Cl)c2Cl)CC1. The van der Waals surface area contributed by atoms with Crippen LogP contribution < -0.4 is 9.47 Å². The number of nitrogens with zero attached hydrogens (tertiary/aromatic N) is 4. The minimum atomic E-state index is -0.0948. The van der Waals surface area contributed by atoms with E-state index in [9.17, 15) is 9.59 Å². The van der Waals surface area contributed by atoms with Gasteiger partial charge in [0.25, 0.3) is 0 Å². The summed E-state index contributed by atoms with van der Waals surface area (Å²) in [6.45, 7) is 12.1. The highest BCUT2D eigenvalue weighted by Gasteiger charge is 2.25. The van der Waals surface area contributed by atoms with Crippen LogP contribution in [0.3, 0.4) is 0 Å². The van der Waals surface area contributed by atoms with Gasteiger partial charge >= 0.3 is 0 Å². The molecule has 0 N–H and O–H groups in total. The Kier molecular flexibility index (Phi) is 15.0. The number of para-hydroxylation sites is 2. The molecule has 0 bridgehead atoms. The van der Waals surface area contributed by atoms with E-state index in [0.29, 0.717) is 69.7 Å². The lowest BCUT2D eigenvalue weighted by molar-refractivity contribution is -0.128. The van der Waals surface area contributed by atoms with Gasteiger partial charge in [-0.05, 0) is 60.6 Å². The molecule has 57 heavy (non-hydrogen) atoms. The van der Waals surface area contributed by atoms with Gasteiger partial charge in [-0.3, -0.25) is 9.59 Å². The van der Waals surface area contributed by atoms with Crippen molar-refractivity contribution in [3.8, 4) is 33.8 Å². The molecule has 2 aliphatic rings. The number of piperazine rings is 2. The highest BCUT2D eigenvalue weighted by Crippen LogP contribution is 2.50. The van der Waals surface area contributed by atoms with Crippen molar-refractivity contribution in [1.82, 2.24) is 19.6 Å². The van der Waals surface area contributed by atoms with Crippen molar-refractivity contribution in [3.05, 3.63) is 104 Å². The van der Waals surface area contributed by atoms with Crippen LogP contribution in [0.15, 0.2) is 82.6 Å². The molecule has 2 heterocycles. The summed E-state index contributed by atoms with van der Waals surface area (Å²) in [4.78, 5) is 36.3. The number of rotatable bonds is 12. The molecule has 2 saturated heterocycles. The van der Waals surface area contributed by atoms with Crippen LogP contribution in [0.1, 0.15) is 25.0 Å². The maximum atomic E-state index is 13.4. The van der Waals surface area contributed by atoms with Crippen molar-refractivity contribution in [1.29, 1.82) is 0 Å². The van der Waals surface area contributed by atoms with E-state index in [1.165, 1.54) is 11.8 Å². The molecule has 13 heteroatoms. The van der Waals surface area contributed by atoms with Gasteiger partial charge in [-0.2, -0.15) is 0 Å². The Balaban J connectivity index is 1.42. The molecule has 4 aromatic carbocycles. The van der Waals surface area contributed by atoms with Crippen molar-refractivity contribution < 1.29 is 19.1 Å². The van der Waals surface area contributed by atoms with Crippen LogP contribution in [-0.4, -0.2) is 111 Å². The van der Waals surface area contributed by atoms with Gasteiger partial charge in [0.05, 0.1) is 34.3 Å². The molecule has 8 nitrogen and oxygen atoms in total. The number of hydrogen-bond acceptors (Lipinski definition) is 7. The Morgan fingerprint density at radius 3 is 1.30 bits per heavy atom. The Bertz CT molecular complexity index is 2010. The van der Waals surface area contributed by atoms with E-state index in [-0.39, 0.29) is 31.9 Å². The molecule has 0 saturated carbocycles. The lowest BCUT2D eigenvalue weighted by Crippen LogP contribution is -2.48. The second-order valence-electron chi connectivity index (χ2n) is 13.6. The third kappa shape index (κ3) is 9.80. The van der Waals surface area contributed by atoms with E-state index >= 15 is 0 Å². The summed E-state index contributed by atoms with van der Waals surface area (Å²) in [5, 5.41) is 1.11. The maximum absolute atomic E-state index is 13.4. The second kappa shape index (κ2) is 19.9. The average Bonchev–Trinajstić information content (AvgIpc) is 3.25. The third-order valence-corrected chi connectivity index (χ3v) is 13.6. The van der Waals surface area contributed by atoms with E-state index in [1.54, 1.807) is 38.5 Å². The smallest absolute Gasteiger partial charge is 0.246 e. The van der Waals surface area contributed by atoms with E-state index in [2.05, 4.69) is 23.6 Å². The topological polar surface area (TPSA) is 65.6 Å². The molecule has 0 aliphatic carbocycles. The van der Waals surface area contributed by atoms with Crippen molar-refractivity contribution >= 4 is 82.1 Å². The van der Waals surface area contributed by atoms with E-state index in [4.69, 9.17) is 55.9 Å². The average molecular weight is 869 g/mol. The standard InChI is InChI=1S/C44H46Cl4N4O4S/c1-5-49-19-23-51(24-20-49)39(53)17-15-31-33(29-11-7-9-13-35(29)55-3)27-37(43(47)41(31)45)57-38-28-34(30-12-8-10-14-36(30)56-4)32(42(46)44(38)48)16-18-40(54)52-25-21-50(6-2)22-26-52/h7-18,27-28H,5-6,19-26H2,1-4H3/b17-15+,18-16+. The number of carbonyl (C=O) groups excluding carboxylic acids is 2. The highest BCUT2D eigenvalue weighted by molar-refractivity contribution is 7.99. The Hall–Kier alpha value is -3.67. The number of ether oxygens (including phenoxy) is 2. The predicted octanol–water partition coefficient (Wildman–Crippen LogP) is 10.2. The molecule has 0 radical (unpaired) electrons. The normalized spacial score (nSPS) is 15.5. The second-order valence-corrected chi connectivity index (χ2v) is 16.2. The fourth-order valence-corrected chi connectivity index (χ4v) is 9.26. The van der Waals surface area contributed by atoms with Crippen LogP contribution in [0.25, 0.3) is 34.4 Å². The first-order chi connectivity index (χ1) is 27.6. The summed E-state index contributed by atoms with van der Waals surface area (Å²) in [5.41, 5.74) is 4.13. The summed E-state index contributed by atoms with van der Waals surface area (Å²) >= 11 is 29.8. The Labute approximate surface area is 359 Å². The molecule has 0 spiro atoms. The number of benzene rings is 4. The monoisotopic (exact) mass is 866 g/mol. The van der Waals surface area contributed by atoms with Crippen molar-refractivity contribution in [2.24, 2.45) is 0 Å². The van der Waals surface area contributed by atoms with E-state index in [0.717, 1.165) is 50.4 Å². The summed E-state index contributed by atoms with van der Waals surface area (Å²) in [6, 6.07) is 19.1. The van der Waals surface area contributed by atoms with Gasteiger partial charge in [0.1, 0.15) is 11.5 Å². The first-order valence-electron chi connectivity index (χ1n) is 19.0. The molecule has 6 rings (SSSR count). The van der Waals surface area contributed by atoms with Crippen LogP contribution in [0.4, 0.5) is 0 Å². The summed E-state index contributed by atoms with van der Waals surface area (Å²) in [6.07, 6.45) is 6.58. The number of carbonyl (C=O) groups is 2. The van der Waals surface area contributed by atoms with Crippen LogP contribution >= 0.6 is 58.2 Å². The van der Waals surface area contributed by atoms with E-state index < -0.39 is 0 Å². The minimum Gasteiger partial charge on any atom is -0.496 e. The summed E-state index contributed by atoms with van der Waals surface area (Å²) in [5.74, 6) is 1.06. The lowest BCUT2D eigenvalue weighted by Gasteiger charge is -2.33. The van der Waals surface area contributed by atoms with Gasteiger partial charge < -0.3 is 29.1 Å². The fourth-order valence-electron chi connectivity index (χ4n) is 7.10. The predicted molar refractivity (Wildman–Crippen MR) is 236 cm³/mol. The molecule has 2 aliphatic heterocycles. The molecule has 300 valence electrons. The summed E-state index contributed by atoms with van der Waals surface area (Å²) < 4.78 is 11.5. The van der Waals surface area contributed by atoms with Crippen LogP contribution in [0.2, 0.25) is 20.1 Å². The molecular formula is C44H46Cl4N4O4S. The van der Waals surface area contributed by atoms with Crippen LogP contribution in [-0.2, 0) is 9.59 Å². The van der Waals surface area contributed by atoms with Gasteiger partial charge in [0.2, 0.25) is 11.8 Å². The quantitative estimate of drug-likeness (QED) is 0.131. The first-order valence-corrected chi connectivity index (χ1v) is 21.3. The lowest BCUT2D eigenvalue weighted by atomic mass is 9.98. The number of amides is 2. The zero-order valence-corrected chi connectivity index (χ0v) is 36.3. The van der Waals surface area contributed by atoms with Gasteiger partial charge in [-0.25, -0.2) is 0 Å². The summed E-state index contributed by atoms with van der Waals surface area (Å²) in [7, 11) is 3.22. The highest BCUT2D eigenvalue weighted by atomic mass is 35.5. The molecule has 2 amide bonds. The molecule has 0 aromatic heterocycles. The van der Waals surface area contributed by atoms with Crippen molar-refractivity contribution in [2.45, 2.75) is 23.6 Å². The Morgan fingerprint density at radius 1 is 0.579 bits per heavy atom. The van der Waals surface area contributed by atoms with Crippen molar-refractivity contribution in [3.63, 3.8) is 0 Å². The number of halogens is 4. The van der Waals surface area contributed by atoms with Crippen LogP contribution in [0, 0.1) is 0 Å². The largest absolute Gasteiger partial charge is 0.496 e. The maximum Gasteiger partial charge on any atom is 0.246 e. The van der Waals surface area contributed by atoms with Crippen molar-refractivity contribution in [2.75, 3.05) is 79.7 Å². The number of methoxy groups -OCH3 is 2. The fraction of sp³-hybridized carbons (Fsp3) is 0.318. The number of likely N-dealkylation sites (N-methyl/N-ethyl adjacent to an activating group) is 2. The number of hydrogen-bond donors (Lipinski definition) is 0. The molecule has 2 fully saturated rings. The van der Waals surface area contributed by atoms with Gasteiger partial charge in [-0.15, -0.1) is 0 Å². The van der Waals surface area contributed by atoms with E-state index in [1.807, 2.05) is 70.5 Å². The van der Waals surface area contributed by atoms with Gasteiger partial charge in [-0.1, -0.05) is 108 Å². The minimum absolute atomic E-state index is 0.0948. The molecule has 4 aromatic rings.